The molecule has 9 heteroatoms. The normalized spacial score (nSPS) is 10.3. The molecule has 0 saturated carbocycles. The van der Waals surface area contributed by atoms with Crippen LogP contribution in [-0.4, -0.2) is 49.6 Å². The van der Waals surface area contributed by atoms with Crippen molar-refractivity contribution in [2.24, 2.45) is 0 Å². The Kier molecular flexibility index (Phi) is 7.35. The second-order valence-corrected chi connectivity index (χ2v) is 6.72. The average molecular weight is 416 g/mol. The van der Waals surface area contributed by atoms with Gasteiger partial charge >= 0.3 is 5.97 Å². The Bertz CT molecular complexity index is 972. The molecule has 0 aliphatic heterocycles. The third-order valence-electron chi connectivity index (χ3n) is 4.63. The van der Waals surface area contributed by atoms with Crippen LogP contribution in [0.15, 0.2) is 30.3 Å². The SMILES string of the molecule is COc1cc(C)c(CN(C)C(=O)COC(=O)c2ccc([N+](=O)[O-])c(C)c2)cc1OC. The topological polar surface area (TPSA) is 108 Å². The molecule has 2 rings (SSSR count). The minimum Gasteiger partial charge on any atom is -0.493 e. The van der Waals surface area contributed by atoms with Crippen molar-refractivity contribution < 1.29 is 28.7 Å². The minimum absolute atomic E-state index is 0.0901. The lowest BCUT2D eigenvalue weighted by Crippen LogP contribution is -2.31. The summed E-state index contributed by atoms with van der Waals surface area (Å²) in [6, 6.07) is 7.52. The van der Waals surface area contributed by atoms with E-state index in [4.69, 9.17) is 14.2 Å². The van der Waals surface area contributed by atoms with E-state index in [9.17, 15) is 19.7 Å². The molecule has 0 bridgehead atoms. The van der Waals surface area contributed by atoms with E-state index < -0.39 is 23.4 Å². The number of benzene rings is 2. The lowest BCUT2D eigenvalue weighted by molar-refractivity contribution is -0.385. The molecule has 0 radical (unpaired) electrons. The summed E-state index contributed by atoms with van der Waals surface area (Å²) < 4.78 is 15.6. The molecular formula is C21H24N2O7. The number of amides is 1. The van der Waals surface area contributed by atoms with Gasteiger partial charge in [-0.3, -0.25) is 14.9 Å². The van der Waals surface area contributed by atoms with E-state index in [1.807, 2.05) is 13.0 Å². The number of carbonyl (C=O) groups is 2. The van der Waals surface area contributed by atoms with Gasteiger partial charge in [-0.15, -0.1) is 0 Å². The fourth-order valence-electron chi connectivity index (χ4n) is 2.84. The molecule has 0 atom stereocenters. The standard InChI is InChI=1S/C21H24N2O7/c1-13-9-18(28-4)19(29-5)10-16(13)11-22(3)20(24)12-30-21(25)15-6-7-17(23(26)27)14(2)8-15/h6-10H,11-12H2,1-5H3. The number of ether oxygens (including phenoxy) is 3. The predicted molar refractivity (Wildman–Crippen MR) is 109 cm³/mol. The van der Waals surface area contributed by atoms with Crippen molar-refractivity contribution in [2.75, 3.05) is 27.9 Å². The van der Waals surface area contributed by atoms with E-state index in [0.717, 1.165) is 11.1 Å². The molecule has 0 saturated heterocycles. The average Bonchev–Trinajstić information content (AvgIpc) is 2.72. The lowest BCUT2D eigenvalue weighted by atomic mass is 10.1. The molecule has 9 nitrogen and oxygen atoms in total. The third kappa shape index (κ3) is 5.25. The molecule has 160 valence electrons. The summed E-state index contributed by atoms with van der Waals surface area (Å²) in [5.74, 6) is 0.0344. The van der Waals surface area contributed by atoms with Crippen molar-refractivity contribution in [2.45, 2.75) is 20.4 Å². The van der Waals surface area contributed by atoms with Crippen molar-refractivity contribution in [3.05, 3.63) is 62.7 Å². The molecule has 0 heterocycles. The van der Waals surface area contributed by atoms with E-state index in [2.05, 4.69) is 0 Å². The third-order valence-corrected chi connectivity index (χ3v) is 4.63. The number of aryl methyl sites for hydroxylation is 2. The van der Waals surface area contributed by atoms with Crippen LogP contribution in [0.5, 0.6) is 11.5 Å². The van der Waals surface area contributed by atoms with Gasteiger partial charge < -0.3 is 19.1 Å². The van der Waals surface area contributed by atoms with Crippen LogP contribution in [0.4, 0.5) is 5.69 Å². The Hall–Kier alpha value is -3.62. The first-order valence-corrected chi connectivity index (χ1v) is 9.05. The molecule has 0 fully saturated rings. The lowest BCUT2D eigenvalue weighted by Gasteiger charge is -2.20. The molecule has 0 spiro atoms. The number of nitrogens with zero attached hydrogens (tertiary/aromatic N) is 2. The molecule has 0 unspecified atom stereocenters. The van der Waals surface area contributed by atoms with E-state index in [1.54, 1.807) is 20.2 Å². The molecule has 30 heavy (non-hydrogen) atoms. The molecule has 0 aromatic heterocycles. The quantitative estimate of drug-likeness (QED) is 0.370. The van der Waals surface area contributed by atoms with Gasteiger partial charge in [-0.2, -0.15) is 0 Å². The second-order valence-electron chi connectivity index (χ2n) is 6.72. The highest BCUT2D eigenvalue weighted by atomic mass is 16.6. The zero-order valence-electron chi connectivity index (χ0n) is 17.6. The molecule has 0 aliphatic rings. The maximum Gasteiger partial charge on any atom is 0.338 e. The summed E-state index contributed by atoms with van der Waals surface area (Å²) in [5.41, 5.74) is 2.17. The zero-order valence-corrected chi connectivity index (χ0v) is 17.6. The van der Waals surface area contributed by atoms with Crippen molar-refractivity contribution in [3.63, 3.8) is 0 Å². The Morgan fingerprint density at radius 2 is 1.67 bits per heavy atom. The van der Waals surface area contributed by atoms with Crippen molar-refractivity contribution in [1.82, 2.24) is 4.90 Å². The Balaban J connectivity index is 2.00. The summed E-state index contributed by atoms with van der Waals surface area (Å²) in [7, 11) is 4.68. The van der Waals surface area contributed by atoms with Gasteiger partial charge in [-0.1, -0.05) is 0 Å². The van der Waals surface area contributed by atoms with Gasteiger partial charge in [0.05, 0.1) is 24.7 Å². The number of nitro benzene ring substituents is 1. The highest BCUT2D eigenvalue weighted by Crippen LogP contribution is 2.30. The summed E-state index contributed by atoms with van der Waals surface area (Å²) in [5, 5.41) is 10.9. The van der Waals surface area contributed by atoms with Crippen LogP contribution < -0.4 is 9.47 Å². The number of hydrogen-bond acceptors (Lipinski definition) is 7. The fourth-order valence-corrected chi connectivity index (χ4v) is 2.84. The van der Waals surface area contributed by atoms with Crippen LogP contribution >= 0.6 is 0 Å². The van der Waals surface area contributed by atoms with Gasteiger partial charge in [0, 0.05) is 25.2 Å². The maximum absolute atomic E-state index is 12.4. The van der Waals surface area contributed by atoms with Gasteiger partial charge in [0.15, 0.2) is 18.1 Å². The van der Waals surface area contributed by atoms with Crippen LogP contribution in [0.25, 0.3) is 0 Å². The van der Waals surface area contributed by atoms with Gasteiger partial charge in [0.1, 0.15) is 0 Å². The number of nitro groups is 1. The number of rotatable bonds is 8. The van der Waals surface area contributed by atoms with Gasteiger partial charge in [0.25, 0.3) is 11.6 Å². The zero-order chi connectivity index (χ0) is 22.4. The number of carbonyl (C=O) groups excluding carboxylic acids is 2. The van der Waals surface area contributed by atoms with Crippen LogP contribution in [0, 0.1) is 24.0 Å². The molecule has 2 aromatic carbocycles. The smallest absolute Gasteiger partial charge is 0.338 e. The maximum atomic E-state index is 12.4. The number of likely N-dealkylation sites (N-methyl/N-ethyl adjacent to an activating group) is 1. The first kappa shape index (κ1) is 22.7. The van der Waals surface area contributed by atoms with Gasteiger partial charge in [0.2, 0.25) is 0 Å². The molecule has 0 aliphatic carbocycles. The fraction of sp³-hybridized carbons (Fsp3) is 0.333. The molecule has 2 aromatic rings. The molecule has 0 N–H and O–H groups in total. The first-order chi connectivity index (χ1) is 14.2. The van der Waals surface area contributed by atoms with Crippen molar-refractivity contribution >= 4 is 17.6 Å². The van der Waals surface area contributed by atoms with Crippen LogP contribution in [0.2, 0.25) is 0 Å². The Morgan fingerprint density at radius 1 is 1.03 bits per heavy atom. The van der Waals surface area contributed by atoms with Crippen LogP contribution in [0.1, 0.15) is 27.0 Å². The summed E-state index contributed by atoms with van der Waals surface area (Å²) in [6.07, 6.45) is 0. The first-order valence-electron chi connectivity index (χ1n) is 9.05. The Morgan fingerprint density at radius 3 is 2.23 bits per heavy atom. The molecule has 1 amide bonds. The largest absolute Gasteiger partial charge is 0.493 e. The van der Waals surface area contributed by atoms with Gasteiger partial charge in [-0.25, -0.2) is 4.79 Å². The van der Waals surface area contributed by atoms with Crippen LogP contribution in [-0.2, 0) is 16.1 Å². The minimum atomic E-state index is -0.725. The number of hydrogen-bond donors (Lipinski definition) is 0. The monoisotopic (exact) mass is 416 g/mol. The number of methoxy groups -OCH3 is 2. The van der Waals surface area contributed by atoms with E-state index in [0.29, 0.717) is 23.6 Å². The number of esters is 1. The summed E-state index contributed by atoms with van der Waals surface area (Å²) in [6.45, 7) is 3.27. The predicted octanol–water partition coefficient (Wildman–Crippen LogP) is 3.04. The van der Waals surface area contributed by atoms with Gasteiger partial charge in [-0.05, 0) is 49.2 Å². The van der Waals surface area contributed by atoms with Crippen molar-refractivity contribution in [1.29, 1.82) is 0 Å². The van der Waals surface area contributed by atoms with E-state index >= 15 is 0 Å². The summed E-state index contributed by atoms with van der Waals surface area (Å²) in [4.78, 5) is 36.3. The molecular weight excluding hydrogens is 392 g/mol. The van der Waals surface area contributed by atoms with E-state index in [-0.39, 0.29) is 11.3 Å². The Labute approximate surface area is 174 Å². The van der Waals surface area contributed by atoms with Crippen LogP contribution in [0.3, 0.4) is 0 Å². The second kappa shape index (κ2) is 9.73. The van der Waals surface area contributed by atoms with Crippen molar-refractivity contribution in [3.8, 4) is 11.5 Å². The summed E-state index contributed by atoms with van der Waals surface area (Å²) >= 11 is 0. The highest BCUT2D eigenvalue weighted by molar-refractivity contribution is 5.91. The van der Waals surface area contributed by atoms with E-state index in [1.165, 1.54) is 37.1 Å². The highest BCUT2D eigenvalue weighted by Gasteiger charge is 2.18.